The summed E-state index contributed by atoms with van der Waals surface area (Å²) < 4.78 is 28.5. The molecule has 0 bridgehead atoms. The number of allylic oxidation sites excluding steroid dienone is 4. The fraction of sp³-hybridized carbons (Fsp3) is 0.333. The lowest BCUT2D eigenvalue weighted by Gasteiger charge is -1.92. The fourth-order valence-corrected chi connectivity index (χ4v) is 1.91. The van der Waals surface area contributed by atoms with E-state index >= 15 is 0 Å². The molecule has 0 atom stereocenters. The van der Waals surface area contributed by atoms with Crippen LogP contribution in [0, 0.1) is 0 Å². The van der Waals surface area contributed by atoms with Gasteiger partial charge in [-0.15, -0.1) is 0 Å². The lowest BCUT2D eigenvalue weighted by atomic mass is 10.1. The molecule has 0 aromatic heterocycles. The molecule has 0 N–H and O–H groups in total. The third-order valence-electron chi connectivity index (χ3n) is 2.98. The Morgan fingerprint density at radius 3 is 0.758 bits per heavy atom. The second-order valence-corrected chi connectivity index (χ2v) is 4.59. The van der Waals surface area contributed by atoms with Gasteiger partial charge in [0.1, 0.15) is 0 Å². The van der Waals surface area contributed by atoms with Gasteiger partial charge in [0.25, 0.3) is 0 Å². The molecule has 0 radical (unpaired) electrons. The minimum Gasteiger partial charge on any atom is -0.255 e. The molecule has 33 heavy (non-hydrogen) atoms. The van der Waals surface area contributed by atoms with E-state index in [-0.39, 0.29) is 0 Å². The van der Waals surface area contributed by atoms with E-state index in [4.69, 9.17) is 0 Å². The minimum atomic E-state index is 0.500. The molecule has 188 valence electrons. The molecule has 3 aromatic carbocycles. The maximum Gasteiger partial charge on any atom is 0.0785 e. The molecular weight excluding hydrogens is 417 g/mol. The molecule has 0 nitrogen and oxygen atoms in total. The van der Waals surface area contributed by atoms with Crippen LogP contribution >= 0.6 is 0 Å². The van der Waals surface area contributed by atoms with E-state index in [2.05, 4.69) is 72.8 Å². The maximum atomic E-state index is 9.50. The van der Waals surface area contributed by atoms with Crippen LogP contribution in [0.15, 0.2) is 109 Å². The third-order valence-corrected chi connectivity index (χ3v) is 2.98. The second kappa shape index (κ2) is 47.1. The lowest BCUT2D eigenvalue weighted by Crippen LogP contribution is -1.67. The number of rotatable bonds is 0. The Morgan fingerprint density at radius 1 is 0.394 bits per heavy atom. The van der Waals surface area contributed by atoms with E-state index in [1.54, 1.807) is 0 Å². The highest BCUT2D eigenvalue weighted by molar-refractivity contribution is 5.81. The molecule has 0 aliphatic heterocycles. The van der Waals surface area contributed by atoms with Crippen molar-refractivity contribution in [3.8, 4) is 0 Å². The number of fused-ring (bicyclic) bond motifs is 1. The van der Waals surface area contributed by atoms with E-state index in [0.717, 1.165) is 6.42 Å². The number of hydrogen-bond donors (Lipinski definition) is 0. The number of benzene rings is 3. The summed E-state index contributed by atoms with van der Waals surface area (Å²) in [5, 5.41) is 2.62. The van der Waals surface area contributed by atoms with Crippen LogP contribution < -0.4 is 0 Å². The number of halogens is 3. The van der Waals surface area contributed by atoms with Gasteiger partial charge in [0.05, 0.1) is 21.5 Å². The van der Waals surface area contributed by atoms with E-state index in [1.165, 1.54) is 10.8 Å². The van der Waals surface area contributed by atoms with Crippen LogP contribution in [-0.4, -0.2) is 21.5 Å². The van der Waals surface area contributed by atoms with Gasteiger partial charge in [0.2, 0.25) is 0 Å². The van der Waals surface area contributed by atoms with Crippen molar-refractivity contribution in [3.05, 3.63) is 109 Å². The Hall–Kier alpha value is -2.81. The van der Waals surface area contributed by atoms with Crippen molar-refractivity contribution in [2.45, 2.75) is 48.0 Å². The predicted molar refractivity (Wildman–Crippen MR) is 148 cm³/mol. The van der Waals surface area contributed by atoms with Crippen molar-refractivity contribution in [2.75, 3.05) is 21.5 Å². The maximum absolute atomic E-state index is 9.50. The Kier molecular flexibility index (Phi) is 57.9. The van der Waals surface area contributed by atoms with Crippen molar-refractivity contribution < 1.29 is 13.2 Å². The highest BCUT2D eigenvalue weighted by Crippen LogP contribution is 2.11. The van der Waals surface area contributed by atoms with Crippen molar-refractivity contribution in [3.63, 3.8) is 0 Å². The Bertz CT molecular complexity index is 591. The molecule has 1 aliphatic rings. The Labute approximate surface area is 202 Å². The van der Waals surface area contributed by atoms with Crippen molar-refractivity contribution in [1.29, 1.82) is 0 Å². The Balaban J connectivity index is -0.000000100. The van der Waals surface area contributed by atoms with Gasteiger partial charge in [-0.3, -0.25) is 13.2 Å². The summed E-state index contributed by atoms with van der Waals surface area (Å²) in [6.07, 6.45) is 9.50. The van der Waals surface area contributed by atoms with Gasteiger partial charge < -0.3 is 0 Å². The van der Waals surface area contributed by atoms with Crippen molar-refractivity contribution >= 4 is 10.8 Å². The first-order valence-corrected chi connectivity index (χ1v) is 11.4. The SMILES string of the molecule is C1=CCC=C1.CC.CC.CC.CF.CF.CF.c1ccc2ccccc2c1.c1ccccc1. The van der Waals surface area contributed by atoms with E-state index < -0.39 is 0 Å². The van der Waals surface area contributed by atoms with Crippen LogP contribution in [-0.2, 0) is 0 Å². The average Bonchev–Trinajstić information content (AvgIpc) is 3.57. The molecule has 0 amide bonds. The van der Waals surface area contributed by atoms with Gasteiger partial charge in [-0.05, 0) is 17.2 Å². The quantitative estimate of drug-likeness (QED) is 0.310. The van der Waals surface area contributed by atoms with Crippen LogP contribution in [0.3, 0.4) is 0 Å². The van der Waals surface area contributed by atoms with E-state index in [1.807, 2.05) is 77.9 Å². The number of alkyl halides is 3. The molecule has 0 unspecified atom stereocenters. The smallest absolute Gasteiger partial charge is 0.0785 e. The minimum absolute atomic E-state index is 0.500. The largest absolute Gasteiger partial charge is 0.255 e. The zero-order valence-corrected chi connectivity index (χ0v) is 22.2. The summed E-state index contributed by atoms with van der Waals surface area (Å²) in [5.41, 5.74) is 0. The van der Waals surface area contributed by atoms with Gasteiger partial charge in [0, 0.05) is 0 Å². The first-order chi connectivity index (χ1) is 16.5. The molecule has 0 heterocycles. The monoisotopic (exact) mass is 464 g/mol. The predicted octanol–water partition coefficient (Wildman–Crippen LogP) is 10.9. The van der Waals surface area contributed by atoms with Gasteiger partial charge in [-0.1, -0.05) is 151 Å². The molecule has 3 aromatic rings. The molecule has 4 rings (SSSR count). The van der Waals surface area contributed by atoms with Crippen LogP contribution in [0.1, 0.15) is 48.0 Å². The molecule has 0 saturated heterocycles. The van der Waals surface area contributed by atoms with Crippen LogP contribution in [0.4, 0.5) is 13.2 Å². The van der Waals surface area contributed by atoms with Gasteiger partial charge >= 0.3 is 0 Å². The summed E-state index contributed by atoms with van der Waals surface area (Å²) in [6.45, 7) is 12.0. The van der Waals surface area contributed by atoms with Crippen LogP contribution in [0.5, 0.6) is 0 Å². The number of hydrogen-bond acceptors (Lipinski definition) is 0. The van der Waals surface area contributed by atoms with E-state index in [0.29, 0.717) is 21.5 Å². The summed E-state index contributed by atoms with van der Waals surface area (Å²) in [5.74, 6) is 0. The summed E-state index contributed by atoms with van der Waals surface area (Å²) in [4.78, 5) is 0. The van der Waals surface area contributed by atoms with Gasteiger partial charge in [-0.2, -0.15) is 0 Å². The molecule has 0 saturated carbocycles. The molecular formula is C30H47F3. The summed E-state index contributed by atoms with van der Waals surface area (Å²) in [6, 6.07) is 28.7. The zero-order valence-electron chi connectivity index (χ0n) is 22.2. The lowest BCUT2D eigenvalue weighted by molar-refractivity contribution is 0.635. The zero-order chi connectivity index (χ0) is 26.6. The highest BCUT2D eigenvalue weighted by Gasteiger charge is 1.85. The summed E-state index contributed by atoms with van der Waals surface area (Å²) in [7, 11) is 1.50. The molecule has 0 fully saturated rings. The van der Waals surface area contributed by atoms with E-state index in [9.17, 15) is 13.2 Å². The van der Waals surface area contributed by atoms with Crippen molar-refractivity contribution in [1.82, 2.24) is 0 Å². The Morgan fingerprint density at radius 2 is 0.606 bits per heavy atom. The van der Waals surface area contributed by atoms with Crippen LogP contribution in [0.25, 0.3) is 10.8 Å². The first kappa shape index (κ1) is 40.5. The first-order valence-electron chi connectivity index (χ1n) is 11.4. The average molecular weight is 465 g/mol. The van der Waals surface area contributed by atoms with Gasteiger partial charge in [-0.25, -0.2) is 0 Å². The standard InChI is InChI=1S/C10H8.C6H6.C5H6.3C2H6.3CH3F/c1-2-6-10-8-4-3-7-9(10)5-1;1-2-4-6-5-3-1;1-2-4-5-3-1;6*1-2/h1-8H;1-6H;1-4H,5H2;3*1-2H3;3*1H3. The normalized spacial score (nSPS) is 8.24. The molecule has 3 heteroatoms. The van der Waals surface area contributed by atoms with Crippen LogP contribution in [0.2, 0.25) is 0 Å². The topological polar surface area (TPSA) is 0 Å². The fourth-order valence-electron chi connectivity index (χ4n) is 1.91. The second-order valence-electron chi connectivity index (χ2n) is 4.59. The molecule has 1 aliphatic carbocycles. The van der Waals surface area contributed by atoms with Crippen molar-refractivity contribution in [2.24, 2.45) is 0 Å². The highest BCUT2D eigenvalue weighted by atomic mass is 19.1. The molecule has 0 spiro atoms. The third kappa shape index (κ3) is 31.5. The summed E-state index contributed by atoms with van der Waals surface area (Å²) >= 11 is 0. The van der Waals surface area contributed by atoms with Gasteiger partial charge in [0.15, 0.2) is 0 Å².